The largest absolute Gasteiger partial charge is 0.298 e. The van der Waals surface area contributed by atoms with Crippen LogP contribution in [-0.4, -0.2) is 16.1 Å². The highest BCUT2D eigenvalue weighted by Gasteiger charge is 2.21. The van der Waals surface area contributed by atoms with Crippen molar-refractivity contribution < 1.29 is 13.6 Å². The Bertz CT molecular complexity index is 669. The first-order valence-electron chi connectivity index (χ1n) is 6.25. The summed E-state index contributed by atoms with van der Waals surface area (Å²) in [5.74, 6) is -1.12. The summed E-state index contributed by atoms with van der Waals surface area (Å²) >= 11 is 0. The van der Waals surface area contributed by atoms with E-state index in [4.69, 9.17) is 0 Å². The third-order valence-electron chi connectivity index (χ3n) is 3.06. The average Bonchev–Trinajstić information content (AvgIpc) is 2.77. The molecule has 0 aliphatic rings. The lowest BCUT2D eigenvalue weighted by molar-refractivity contribution is 0.112. The number of hydrogen-bond acceptors (Lipinski definition) is 2. The van der Waals surface area contributed by atoms with Crippen LogP contribution in [0.2, 0.25) is 0 Å². The minimum absolute atomic E-state index is 0.00167. The number of aryl methyl sites for hydroxylation is 1. The van der Waals surface area contributed by atoms with Gasteiger partial charge in [-0.1, -0.05) is 0 Å². The fourth-order valence-electron chi connectivity index (χ4n) is 1.85. The summed E-state index contributed by atoms with van der Waals surface area (Å²) in [4.78, 5) is 11.1. The molecule has 0 N–H and O–H groups in total. The van der Waals surface area contributed by atoms with Gasteiger partial charge in [0.1, 0.15) is 17.3 Å². The molecular weight excluding hydrogens is 262 g/mol. The van der Waals surface area contributed by atoms with Crippen LogP contribution in [0.15, 0.2) is 18.3 Å². The molecule has 3 nitrogen and oxygen atoms in total. The number of benzene rings is 1. The van der Waals surface area contributed by atoms with Crippen molar-refractivity contribution in [3.8, 4) is 11.3 Å². The van der Waals surface area contributed by atoms with Gasteiger partial charge in [-0.05, 0) is 45.4 Å². The van der Waals surface area contributed by atoms with Crippen molar-refractivity contribution in [1.29, 1.82) is 0 Å². The molecule has 0 spiro atoms. The molecule has 0 unspecified atom stereocenters. The summed E-state index contributed by atoms with van der Waals surface area (Å²) in [6.07, 6.45) is 2.14. The van der Waals surface area contributed by atoms with Crippen LogP contribution in [0.5, 0.6) is 0 Å². The van der Waals surface area contributed by atoms with E-state index in [1.54, 1.807) is 10.9 Å². The molecule has 0 aliphatic heterocycles. The number of nitrogens with zero attached hydrogens (tertiary/aromatic N) is 2. The summed E-state index contributed by atoms with van der Waals surface area (Å²) in [7, 11) is 0. The van der Waals surface area contributed by atoms with Crippen molar-refractivity contribution in [2.45, 2.75) is 33.2 Å². The van der Waals surface area contributed by atoms with Gasteiger partial charge in [-0.25, -0.2) is 8.78 Å². The normalized spacial score (nSPS) is 11.7. The number of rotatable bonds is 2. The maximum atomic E-state index is 14.0. The highest BCUT2D eigenvalue weighted by Crippen LogP contribution is 2.28. The van der Waals surface area contributed by atoms with Crippen LogP contribution in [0, 0.1) is 18.6 Å². The zero-order chi connectivity index (χ0) is 15.1. The average molecular weight is 278 g/mol. The molecule has 106 valence electrons. The number of aldehydes is 1. The van der Waals surface area contributed by atoms with Crippen molar-refractivity contribution in [2.24, 2.45) is 0 Å². The van der Waals surface area contributed by atoms with Crippen molar-refractivity contribution >= 4 is 6.29 Å². The third-order valence-corrected chi connectivity index (χ3v) is 3.06. The van der Waals surface area contributed by atoms with Crippen LogP contribution < -0.4 is 0 Å². The summed E-state index contributed by atoms with van der Waals surface area (Å²) < 4.78 is 29.2. The fraction of sp³-hybridized carbons (Fsp3) is 0.333. The molecule has 0 amide bonds. The van der Waals surface area contributed by atoms with E-state index < -0.39 is 11.6 Å². The Balaban J connectivity index is 2.66. The van der Waals surface area contributed by atoms with Crippen LogP contribution in [0.3, 0.4) is 0 Å². The topological polar surface area (TPSA) is 34.9 Å². The predicted molar refractivity (Wildman–Crippen MR) is 72.7 cm³/mol. The SMILES string of the molecule is Cc1cc(F)c(-c2nn(C(C)(C)C)cc2C=O)cc1F. The lowest BCUT2D eigenvalue weighted by Crippen LogP contribution is -2.22. The fourth-order valence-corrected chi connectivity index (χ4v) is 1.85. The minimum Gasteiger partial charge on any atom is -0.298 e. The van der Waals surface area contributed by atoms with Gasteiger partial charge in [-0.2, -0.15) is 5.10 Å². The van der Waals surface area contributed by atoms with Gasteiger partial charge >= 0.3 is 0 Å². The Morgan fingerprint density at radius 2 is 1.85 bits per heavy atom. The predicted octanol–water partition coefficient (Wildman–Crippen LogP) is 3.70. The summed E-state index contributed by atoms with van der Waals surface area (Å²) in [5, 5.41) is 4.23. The highest BCUT2D eigenvalue weighted by atomic mass is 19.1. The smallest absolute Gasteiger partial charge is 0.153 e. The third kappa shape index (κ3) is 2.48. The zero-order valence-corrected chi connectivity index (χ0v) is 11.9. The first kappa shape index (κ1) is 14.4. The number of aromatic nitrogens is 2. The second-order valence-corrected chi connectivity index (χ2v) is 5.75. The summed E-state index contributed by atoms with van der Waals surface area (Å²) in [6, 6.07) is 2.18. The lowest BCUT2D eigenvalue weighted by Gasteiger charge is -2.18. The van der Waals surface area contributed by atoms with Crippen LogP contribution in [0.25, 0.3) is 11.3 Å². The second-order valence-electron chi connectivity index (χ2n) is 5.75. The summed E-state index contributed by atoms with van der Waals surface area (Å²) in [6.45, 7) is 7.20. The quantitative estimate of drug-likeness (QED) is 0.785. The number of halogens is 2. The summed E-state index contributed by atoms with van der Waals surface area (Å²) in [5.41, 5.74) is 0.260. The van der Waals surface area contributed by atoms with Gasteiger partial charge in [0.15, 0.2) is 6.29 Å². The van der Waals surface area contributed by atoms with E-state index in [0.717, 1.165) is 12.1 Å². The standard InChI is InChI=1S/C15H16F2N2O/c1-9-5-13(17)11(6-12(9)16)14-10(8-20)7-19(18-14)15(2,3)4/h5-8H,1-4H3. The van der Waals surface area contributed by atoms with Crippen LogP contribution in [0.1, 0.15) is 36.7 Å². The molecule has 0 aliphatic carbocycles. The van der Waals surface area contributed by atoms with Gasteiger partial charge in [0.25, 0.3) is 0 Å². The molecule has 1 heterocycles. The number of carbonyl (C=O) groups excluding carboxylic acids is 1. The van der Waals surface area contributed by atoms with Crippen LogP contribution in [-0.2, 0) is 5.54 Å². The van der Waals surface area contributed by atoms with E-state index in [2.05, 4.69) is 5.10 Å². The molecule has 5 heteroatoms. The number of hydrogen-bond donors (Lipinski definition) is 0. The monoisotopic (exact) mass is 278 g/mol. The molecule has 0 saturated carbocycles. The second kappa shape index (κ2) is 4.81. The molecule has 0 atom stereocenters. The first-order valence-corrected chi connectivity index (χ1v) is 6.25. The molecular formula is C15H16F2N2O. The van der Waals surface area contributed by atoms with Gasteiger partial charge in [0.2, 0.25) is 0 Å². The van der Waals surface area contributed by atoms with Crippen molar-refractivity contribution in [3.63, 3.8) is 0 Å². The number of carbonyl (C=O) groups is 1. The molecule has 2 aromatic rings. The van der Waals surface area contributed by atoms with E-state index >= 15 is 0 Å². The zero-order valence-electron chi connectivity index (χ0n) is 11.9. The van der Waals surface area contributed by atoms with Crippen molar-refractivity contribution in [2.75, 3.05) is 0 Å². The molecule has 1 aromatic heterocycles. The van der Waals surface area contributed by atoms with E-state index in [-0.39, 0.29) is 27.9 Å². The Labute approximate surface area is 116 Å². The Morgan fingerprint density at radius 1 is 1.20 bits per heavy atom. The molecule has 20 heavy (non-hydrogen) atoms. The molecule has 0 saturated heterocycles. The maximum Gasteiger partial charge on any atom is 0.153 e. The Kier molecular flexibility index (Phi) is 3.46. The molecule has 0 bridgehead atoms. The van der Waals surface area contributed by atoms with E-state index in [1.807, 2.05) is 20.8 Å². The van der Waals surface area contributed by atoms with E-state index in [0.29, 0.717) is 6.29 Å². The van der Waals surface area contributed by atoms with Gasteiger partial charge in [0.05, 0.1) is 11.1 Å². The van der Waals surface area contributed by atoms with Crippen LogP contribution in [0.4, 0.5) is 8.78 Å². The van der Waals surface area contributed by atoms with E-state index in [9.17, 15) is 13.6 Å². The van der Waals surface area contributed by atoms with Crippen molar-refractivity contribution in [1.82, 2.24) is 9.78 Å². The van der Waals surface area contributed by atoms with E-state index in [1.165, 1.54) is 6.92 Å². The van der Waals surface area contributed by atoms with Crippen molar-refractivity contribution in [3.05, 3.63) is 41.1 Å². The molecule has 1 aromatic carbocycles. The molecule has 0 radical (unpaired) electrons. The first-order chi connectivity index (χ1) is 9.24. The molecule has 2 rings (SSSR count). The van der Waals surface area contributed by atoms with Gasteiger partial charge in [-0.15, -0.1) is 0 Å². The maximum absolute atomic E-state index is 14.0. The Morgan fingerprint density at radius 3 is 2.40 bits per heavy atom. The van der Waals surface area contributed by atoms with Gasteiger partial charge < -0.3 is 0 Å². The molecule has 0 fully saturated rings. The van der Waals surface area contributed by atoms with Gasteiger partial charge in [-0.3, -0.25) is 9.48 Å². The van der Waals surface area contributed by atoms with Gasteiger partial charge in [0, 0.05) is 11.8 Å². The minimum atomic E-state index is -0.592. The Hall–Kier alpha value is -2.04. The highest BCUT2D eigenvalue weighted by molar-refractivity contribution is 5.85. The lowest BCUT2D eigenvalue weighted by atomic mass is 10.1. The van der Waals surface area contributed by atoms with Crippen LogP contribution >= 0.6 is 0 Å².